The topological polar surface area (TPSA) is 64.3 Å². The van der Waals surface area contributed by atoms with Crippen LogP contribution in [0.4, 0.5) is 8.78 Å². The summed E-state index contributed by atoms with van der Waals surface area (Å²) in [5, 5.41) is 12.8. The number of aromatic nitrogens is 2. The molecule has 0 amide bonds. The monoisotopic (exact) mass is 268 g/mol. The molecular formula is C12H10F2N2O3. The molecule has 0 saturated carbocycles. The van der Waals surface area contributed by atoms with Crippen LogP contribution in [0.25, 0.3) is 5.69 Å². The maximum Gasteiger partial charge on any atom is 0.342 e. The Kier molecular flexibility index (Phi) is 3.74. The first-order chi connectivity index (χ1) is 9.09. The van der Waals surface area contributed by atoms with Crippen LogP contribution in [-0.2, 0) is 0 Å². The average Bonchev–Trinajstić information content (AvgIpc) is 2.81. The lowest BCUT2D eigenvalue weighted by atomic mass is 10.3. The molecule has 0 spiro atoms. The number of para-hydroxylation sites is 1. The number of hydrogen-bond donors (Lipinski definition) is 1. The summed E-state index contributed by atoms with van der Waals surface area (Å²) >= 11 is 0. The number of nitrogens with zero attached hydrogens (tertiary/aromatic N) is 2. The Morgan fingerprint density at radius 2 is 2.05 bits per heavy atom. The molecule has 2 aromatic rings. The van der Waals surface area contributed by atoms with Gasteiger partial charge in [0.2, 0.25) is 5.88 Å². The van der Waals surface area contributed by atoms with Crippen LogP contribution >= 0.6 is 0 Å². The van der Waals surface area contributed by atoms with E-state index in [9.17, 15) is 13.6 Å². The first-order valence-corrected chi connectivity index (χ1v) is 5.37. The van der Waals surface area contributed by atoms with Crippen LogP contribution in [0, 0.1) is 0 Å². The fourth-order valence-corrected chi connectivity index (χ4v) is 1.52. The zero-order chi connectivity index (χ0) is 13.8. The number of carboxylic acid groups (broad SMARTS) is 1. The van der Waals surface area contributed by atoms with Crippen molar-refractivity contribution in [3.05, 3.63) is 42.1 Å². The Hall–Kier alpha value is -2.44. The van der Waals surface area contributed by atoms with Gasteiger partial charge >= 0.3 is 5.97 Å². The summed E-state index contributed by atoms with van der Waals surface area (Å²) in [5.74, 6) is -1.49. The Labute approximate surface area is 107 Å². The van der Waals surface area contributed by atoms with E-state index in [2.05, 4.69) is 5.10 Å². The van der Waals surface area contributed by atoms with E-state index in [1.165, 1.54) is 4.68 Å². The van der Waals surface area contributed by atoms with Gasteiger partial charge in [0.15, 0.2) is 6.61 Å². The van der Waals surface area contributed by atoms with E-state index in [1.807, 2.05) is 0 Å². The predicted molar refractivity (Wildman–Crippen MR) is 62.0 cm³/mol. The van der Waals surface area contributed by atoms with Gasteiger partial charge in [-0.2, -0.15) is 5.10 Å². The molecule has 1 aromatic carbocycles. The molecule has 1 aromatic heterocycles. The van der Waals surface area contributed by atoms with Gasteiger partial charge in [-0.3, -0.25) is 0 Å². The van der Waals surface area contributed by atoms with Crippen LogP contribution in [0.15, 0.2) is 36.5 Å². The quantitative estimate of drug-likeness (QED) is 0.903. The lowest BCUT2D eigenvalue weighted by Gasteiger charge is -2.09. The number of aromatic carboxylic acids is 1. The minimum Gasteiger partial charge on any atom is -0.477 e. The molecule has 0 radical (unpaired) electrons. The molecule has 0 bridgehead atoms. The Morgan fingerprint density at radius 1 is 1.37 bits per heavy atom. The van der Waals surface area contributed by atoms with E-state index in [4.69, 9.17) is 9.84 Å². The second kappa shape index (κ2) is 5.47. The van der Waals surface area contributed by atoms with E-state index in [-0.39, 0.29) is 11.4 Å². The SMILES string of the molecule is O=C(O)c1cnn(-c2ccccc2)c1OCC(F)F. The average molecular weight is 268 g/mol. The van der Waals surface area contributed by atoms with Crippen molar-refractivity contribution in [2.24, 2.45) is 0 Å². The number of ether oxygens (including phenoxy) is 1. The van der Waals surface area contributed by atoms with Crippen molar-refractivity contribution < 1.29 is 23.4 Å². The van der Waals surface area contributed by atoms with Crippen LogP contribution in [0.1, 0.15) is 10.4 Å². The zero-order valence-electron chi connectivity index (χ0n) is 9.66. The van der Waals surface area contributed by atoms with Crippen molar-refractivity contribution in [2.75, 3.05) is 6.61 Å². The third-order valence-electron chi connectivity index (χ3n) is 2.30. The minimum atomic E-state index is -2.69. The molecule has 19 heavy (non-hydrogen) atoms. The fraction of sp³-hybridized carbons (Fsp3) is 0.167. The molecule has 0 aliphatic rings. The normalized spacial score (nSPS) is 10.7. The first-order valence-electron chi connectivity index (χ1n) is 5.37. The molecule has 1 heterocycles. The summed E-state index contributed by atoms with van der Waals surface area (Å²) in [5.41, 5.74) is 0.267. The third-order valence-corrected chi connectivity index (χ3v) is 2.30. The number of hydrogen-bond acceptors (Lipinski definition) is 3. The summed E-state index contributed by atoms with van der Waals surface area (Å²) in [6.07, 6.45) is -1.63. The molecular weight excluding hydrogens is 258 g/mol. The summed E-state index contributed by atoms with van der Waals surface area (Å²) in [6, 6.07) is 8.52. The fourth-order valence-electron chi connectivity index (χ4n) is 1.52. The molecule has 2 rings (SSSR count). The van der Waals surface area contributed by atoms with Gasteiger partial charge in [-0.25, -0.2) is 18.3 Å². The van der Waals surface area contributed by atoms with E-state index in [0.717, 1.165) is 6.20 Å². The van der Waals surface area contributed by atoms with Crippen LogP contribution in [0.3, 0.4) is 0 Å². The molecule has 0 atom stereocenters. The van der Waals surface area contributed by atoms with Gasteiger partial charge in [-0.1, -0.05) is 18.2 Å². The van der Waals surface area contributed by atoms with Gasteiger partial charge in [-0.05, 0) is 12.1 Å². The Morgan fingerprint density at radius 3 is 2.63 bits per heavy atom. The van der Waals surface area contributed by atoms with Crippen LogP contribution < -0.4 is 4.74 Å². The summed E-state index contributed by atoms with van der Waals surface area (Å²) in [7, 11) is 0. The van der Waals surface area contributed by atoms with Crippen molar-refractivity contribution in [2.45, 2.75) is 6.43 Å². The largest absolute Gasteiger partial charge is 0.477 e. The zero-order valence-corrected chi connectivity index (χ0v) is 9.66. The van der Waals surface area contributed by atoms with Crippen LogP contribution in [0.2, 0.25) is 0 Å². The van der Waals surface area contributed by atoms with Crippen LogP contribution in [0.5, 0.6) is 5.88 Å². The standard InChI is InChI=1S/C12H10F2N2O3/c13-10(14)7-19-11-9(12(17)18)6-15-16(11)8-4-2-1-3-5-8/h1-6,10H,7H2,(H,17,18). The maximum atomic E-state index is 12.2. The Bertz CT molecular complexity index is 570. The highest BCUT2D eigenvalue weighted by molar-refractivity contribution is 5.90. The molecule has 0 unspecified atom stereocenters. The smallest absolute Gasteiger partial charge is 0.342 e. The highest BCUT2D eigenvalue weighted by Gasteiger charge is 2.20. The van der Waals surface area contributed by atoms with Gasteiger partial charge in [0.25, 0.3) is 6.43 Å². The highest BCUT2D eigenvalue weighted by Crippen LogP contribution is 2.23. The van der Waals surface area contributed by atoms with Gasteiger partial charge in [0.1, 0.15) is 5.56 Å². The molecule has 100 valence electrons. The number of benzene rings is 1. The lowest BCUT2D eigenvalue weighted by molar-refractivity contribution is 0.0655. The van der Waals surface area contributed by atoms with Crippen LogP contribution in [-0.4, -0.2) is 33.9 Å². The van der Waals surface area contributed by atoms with Gasteiger partial charge in [0.05, 0.1) is 11.9 Å². The van der Waals surface area contributed by atoms with Crippen molar-refractivity contribution in [1.29, 1.82) is 0 Å². The highest BCUT2D eigenvalue weighted by atomic mass is 19.3. The van der Waals surface area contributed by atoms with E-state index >= 15 is 0 Å². The molecule has 0 fully saturated rings. The van der Waals surface area contributed by atoms with Gasteiger partial charge in [0, 0.05) is 0 Å². The van der Waals surface area contributed by atoms with Crippen molar-refractivity contribution >= 4 is 5.97 Å². The number of halogens is 2. The summed E-state index contributed by atoms with van der Waals surface area (Å²) in [6.45, 7) is -0.890. The van der Waals surface area contributed by atoms with E-state index in [1.54, 1.807) is 30.3 Å². The molecule has 5 nitrogen and oxygen atoms in total. The molecule has 0 aliphatic heterocycles. The molecule has 1 N–H and O–H groups in total. The van der Waals surface area contributed by atoms with E-state index in [0.29, 0.717) is 5.69 Å². The number of carboxylic acids is 1. The summed E-state index contributed by atoms with van der Waals surface area (Å²) < 4.78 is 30.4. The molecule has 7 heteroatoms. The van der Waals surface area contributed by atoms with Gasteiger partial charge in [-0.15, -0.1) is 0 Å². The number of alkyl halides is 2. The molecule has 0 aliphatic carbocycles. The second-order valence-corrected chi connectivity index (χ2v) is 3.62. The minimum absolute atomic E-state index is 0.209. The molecule has 0 saturated heterocycles. The predicted octanol–water partition coefficient (Wildman–Crippen LogP) is 2.21. The first kappa shape index (κ1) is 13.0. The second-order valence-electron chi connectivity index (χ2n) is 3.62. The van der Waals surface area contributed by atoms with Crippen molar-refractivity contribution in [3.8, 4) is 11.6 Å². The summed E-state index contributed by atoms with van der Waals surface area (Å²) in [4.78, 5) is 11.0. The van der Waals surface area contributed by atoms with Crippen molar-refractivity contribution in [3.63, 3.8) is 0 Å². The van der Waals surface area contributed by atoms with Gasteiger partial charge < -0.3 is 9.84 Å². The lowest BCUT2D eigenvalue weighted by Crippen LogP contribution is -2.12. The Balaban J connectivity index is 2.41. The number of carbonyl (C=O) groups is 1. The van der Waals surface area contributed by atoms with Crippen molar-refractivity contribution in [1.82, 2.24) is 9.78 Å². The van der Waals surface area contributed by atoms with E-state index < -0.39 is 19.0 Å². The number of rotatable bonds is 5. The third kappa shape index (κ3) is 2.87. The maximum absolute atomic E-state index is 12.2.